The van der Waals surface area contributed by atoms with Crippen molar-refractivity contribution in [3.8, 4) is 0 Å². The molecule has 0 radical (unpaired) electrons. The average molecular weight is 204 g/mol. The summed E-state index contributed by atoms with van der Waals surface area (Å²) >= 11 is 4.61. The van der Waals surface area contributed by atoms with Crippen LogP contribution < -0.4 is 0 Å². The van der Waals surface area contributed by atoms with Crippen LogP contribution in [0.15, 0.2) is 0 Å². The van der Waals surface area contributed by atoms with Crippen LogP contribution in [-0.4, -0.2) is 17.8 Å². The Kier molecular flexibility index (Phi) is 137. The summed E-state index contributed by atoms with van der Waals surface area (Å²) in [7, 11) is 1.00. The van der Waals surface area contributed by atoms with Crippen LogP contribution in [0.2, 0.25) is 0 Å². The molecule has 0 aromatic rings. The molecule has 0 aliphatic heterocycles. The molecule has 0 aromatic carbocycles. The summed E-state index contributed by atoms with van der Waals surface area (Å²) in [6.45, 7) is 1.27. The van der Waals surface area contributed by atoms with Crippen LogP contribution in [0.5, 0.6) is 0 Å². The first-order valence-corrected chi connectivity index (χ1v) is 1.90. The molecule has 1 N–H and O–H groups in total. The Balaban J connectivity index is -0.00000000990. The zero-order chi connectivity index (χ0) is 5.58. The number of alkyl halides is 2. The van der Waals surface area contributed by atoms with Crippen molar-refractivity contribution in [3.63, 3.8) is 0 Å². The third-order valence-electron chi connectivity index (χ3n) is 0. The van der Waals surface area contributed by atoms with Crippen molar-refractivity contribution in [1.29, 1.82) is 0 Å². The number of aliphatic hydroxyl groups excluding tert-OH is 1. The second-order valence-corrected chi connectivity index (χ2v) is 1.12. The molecule has 1 unspecified atom stereocenters. The van der Waals surface area contributed by atoms with Crippen LogP contribution in [0.3, 0.4) is 0 Å². The van der Waals surface area contributed by atoms with Gasteiger partial charge in [0.2, 0.25) is 0 Å². The molecule has 0 amide bonds. The molecule has 0 aromatic heterocycles. The van der Waals surface area contributed by atoms with E-state index in [1.54, 1.807) is 0 Å². The van der Waals surface area contributed by atoms with Gasteiger partial charge in [0.25, 0.3) is 0 Å². The molecule has 9 heavy (non-hydrogen) atoms. The van der Waals surface area contributed by atoms with Crippen molar-refractivity contribution in [3.05, 3.63) is 0 Å². The lowest BCUT2D eigenvalue weighted by Gasteiger charge is -1.71. The van der Waals surface area contributed by atoms with E-state index < -0.39 is 5.63 Å². The molecule has 0 aliphatic rings. The first kappa shape index (κ1) is 33.1. The van der Waals surface area contributed by atoms with Crippen molar-refractivity contribution >= 4 is 36.4 Å². The Morgan fingerprint density at radius 2 is 1.33 bits per heavy atom. The molecule has 1 nitrogen and oxygen atoms in total. The van der Waals surface area contributed by atoms with Crippen molar-refractivity contribution in [2.24, 2.45) is 0 Å². The van der Waals surface area contributed by atoms with Crippen LogP contribution >= 0.6 is 36.4 Å². The lowest BCUT2D eigenvalue weighted by atomic mass is 10.9. The number of aliphatic hydroxyl groups is 1. The van der Waals surface area contributed by atoms with Gasteiger partial charge in [-0.3, -0.25) is 0 Å². The maximum Gasteiger partial charge on any atom is 0.170 e. The van der Waals surface area contributed by atoms with Gasteiger partial charge in [0, 0.05) is 7.11 Å². The monoisotopic (exact) mass is 202 g/mol. The minimum absolute atomic E-state index is 0. The van der Waals surface area contributed by atoms with Crippen molar-refractivity contribution in [2.75, 3.05) is 7.11 Å². The molecule has 0 aliphatic carbocycles. The van der Waals surface area contributed by atoms with Crippen LogP contribution in [-0.2, 0) is 0 Å². The quantitative estimate of drug-likeness (QED) is 0.600. The molecule has 0 saturated heterocycles. The smallest absolute Gasteiger partial charge is 0.170 e. The van der Waals surface area contributed by atoms with Crippen LogP contribution in [0.4, 0.5) is 4.39 Å². The Morgan fingerprint density at radius 3 is 1.33 bits per heavy atom. The lowest BCUT2D eigenvalue weighted by molar-refractivity contribution is 0.399. The van der Waals surface area contributed by atoms with E-state index >= 15 is 0 Å². The van der Waals surface area contributed by atoms with Crippen molar-refractivity contribution < 1.29 is 9.50 Å². The minimum atomic E-state index is -1.19. The van der Waals surface area contributed by atoms with Gasteiger partial charge in [0.05, 0.1) is 0 Å². The van der Waals surface area contributed by atoms with Gasteiger partial charge in [0.1, 0.15) is 0 Å². The minimum Gasteiger partial charge on any atom is -0.400 e. The van der Waals surface area contributed by atoms with Gasteiger partial charge < -0.3 is 5.11 Å². The molecule has 0 saturated carbocycles. The normalized spacial score (nSPS) is 7.67. The molecule has 0 fully saturated rings. The highest BCUT2D eigenvalue weighted by Crippen LogP contribution is 1.89. The molecule has 1 atom stereocenters. The highest BCUT2D eigenvalue weighted by Gasteiger charge is 1.77. The summed E-state index contributed by atoms with van der Waals surface area (Å²) in [6.07, 6.45) is 0. The fourth-order valence-electron chi connectivity index (χ4n) is 0. The molecule has 64 valence electrons. The molecular formula is C4H14Cl3FO. The Morgan fingerprint density at radius 1 is 1.33 bits per heavy atom. The van der Waals surface area contributed by atoms with Gasteiger partial charge in [-0.25, -0.2) is 4.39 Å². The summed E-state index contributed by atoms with van der Waals surface area (Å²) < 4.78 is 10.8. The third-order valence-corrected chi connectivity index (χ3v) is 0. The maximum atomic E-state index is 10.8. The summed E-state index contributed by atoms with van der Waals surface area (Å²) in [5.41, 5.74) is -1.19. The van der Waals surface area contributed by atoms with E-state index in [1.165, 1.54) is 6.92 Å². The standard InChI is InChI=1S/C2H4ClF.CH4O.CH4.2ClH/c1-2(3)4;1-2;;;/h2H,1H3;2H,1H3;1H4;2*1H. The first-order valence-electron chi connectivity index (χ1n) is 1.46. The largest absolute Gasteiger partial charge is 0.400 e. The van der Waals surface area contributed by atoms with Crippen molar-refractivity contribution in [2.45, 2.75) is 20.0 Å². The fourth-order valence-corrected chi connectivity index (χ4v) is 0. The van der Waals surface area contributed by atoms with E-state index in [-0.39, 0.29) is 32.2 Å². The maximum absolute atomic E-state index is 10.8. The van der Waals surface area contributed by atoms with E-state index in [0.29, 0.717) is 0 Å². The van der Waals surface area contributed by atoms with Gasteiger partial charge in [-0.2, -0.15) is 0 Å². The Hall–Kier alpha value is 0.760. The highest BCUT2D eigenvalue weighted by molar-refractivity contribution is 6.19. The molecule has 0 spiro atoms. The number of rotatable bonds is 0. The molecule has 0 rings (SSSR count). The summed E-state index contributed by atoms with van der Waals surface area (Å²) in [5, 5.41) is 7.00. The van der Waals surface area contributed by atoms with Gasteiger partial charge in [-0.05, 0) is 6.92 Å². The summed E-state index contributed by atoms with van der Waals surface area (Å²) in [6, 6.07) is 0. The van der Waals surface area contributed by atoms with E-state index in [4.69, 9.17) is 5.11 Å². The highest BCUT2D eigenvalue weighted by atomic mass is 35.5. The zero-order valence-corrected chi connectivity index (χ0v) is 6.99. The summed E-state index contributed by atoms with van der Waals surface area (Å²) in [5.74, 6) is 0. The fraction of sp³-hybridized carbons (Fsp3) is 1.00. The second-order valence-electron chi connectivity index (χ2n) is 0.519. The molecule has 0 bridgehead atoms. The lowest BCUT2D eigenvalue weighted by Crippen LogP contribution is -1.66. The SMILES string of the molecule is C.CC(F)Cl.CO.Cl.Cl. The van der Waals surface area contributed by atoms with Crippen LogP contribution in [0, 0.1) is 0 Å². The molecule has 0 heterocycles. The molecular weight excluding hydrogens is 189 g/mol. The van der Waals surface area contributed by atoms with E-state index in [0.717, 1.165) is 7.11 Å². The predicted octanol–water partition coefficient (Wildman–Crippen LogP) is 2.63. The second kappa shape index (κ2) is 37.3. The van der Waals surface area contributed by atoms with E-state index in [9.17, 15) is 4.39 Å². The van der Waals surface area contributed by atoms with Gasteiger partial charge in [-0.1, -0.05) is 19.0 Å². The zero-order valence-electron chi connectivity index (χ0n) is 4.60. The average Bonchev–Trinajstić information content (AvgIpc) is 1.41. The number of hydrogen-bond donors (Lipinski definition) is 1. The van der Waals surface area contributed by atoms with Gasteiger partial charge in [0.15, 0.2) is 5.63 Å². The predicted molar refractivity (Wildman–Crippen MR) is 45.8 cm³/mol. The van der Waals surface area contributed by atoms with Gasteiger partial charge >= 0.3 is 0 Å². The first-order chi connectivity index (χ1) is 2.73. The number of halogens is 4. The van der Waals surface area contributed by atoms with Crippen LogP contribution in [0.25, 0.3) is 0 Å². The Labute approximate surface area is 73.4 Å². The topological polar surface area (TPSA) is 20.2 Å². The van der Waals surface area contributed by atoms with Gasteiger partial charge in [-0.15, -0.1) is 24.8 Å². The molecule has 5 heteroatoms. The third kappa shape index (κ3) is 693. The van der Waals surface area contributed by atoms with E-state index in [1.807, 2.05) is 0 Å². The number of hydrogen-bond acceptors (Lipinski definition) is 1. The van der Waals surface area contributed by atoms with Crippen LogP contribution in [0.1, 0.15) is 14.4 Å². The Bertz CT molecular complexity index is 20.5. The van der Waals surface area contributed by atoms with E-state index in [2.05, 4.69) is 11.6 Å². The van der Waals surface area contributed by atoms with Crippen molar-refractivity contribution in [1.82, 2.24) is 0 Å². The summed E-state index contributed by atoms with van der Waals surface area (Å²) in [4.78, 5) is 0.